The molecular formula is C14H26O. The minimum absolute atomic E-state index is 0.647. The Hall–Kier alpha value is -0.520. The molecule has 88 valence electrons. The zero-order valence-corrected chi connectivity index (χ0v) is 10.4. The lowest BCUT2D eigenvalue weighted by Crippen LogP contribution is -2.25. The molecule has 0 aromatic heterocycles. The van der Waals surface area contributed by atoms with Gasteiger partial charge in [-0.3, -0.25) is 0 Å². The number of unbranched alkanes of at least 4 members (excludes halogenated alkanes) is 4. The monoisotopic (exact) mass is 210 g/mol. The maximum absolute atomic E-state index is 10.3. The van der Waals surface area contributed by atoms with Crippen LogP contribution in [0, 0.1) is 0 Å². The van der Waals surface area contributed by atoms with E-state index in [1.54, 1.807) is 6.08 Å². The van der Waals surface area contributed by atoms with E-state index in [0.29, 0.717) is 0 Å². The van der Waals surface area contributed by atoms with Crippen LogP contribution in [0.4, 0.5) is 0 Å². The van der Waals surface area contributed by atoms with Crippen molar-refractivity contribution in [1.29, 1.82) is 0 Å². The molecule has 0 aliphatic heterocycles. The smallest absolute Gasteiger partial charge is 0.0900 e. The van der Waals surface area contributed by atoms with Crippen LogP contribution < -0.4 is 0 Å². The van der Waals surface area contributed by atoms with Crippen molar-refractivity contribution in [1.82, 2.24) is 0 Å². The van der Waals surface area contributed by atoms with Gasteiger partial charge >= 0.3 is 0 Å². The summed E-state index contributed by atoms with van der Waals surface area (Å²) >= 11 is 0. The first-order valence-electron chi connectivity index (χ1n) is 6.28. The molecular weight excluding hydrogens is 184 g/mol. The van der Waals surface area contributed by atoms with E-state index >= 15 is 0 Å². The molecule has 0 fully saturated rings. The van der Waals surface area contributed by atoms with E-state index in [1.165, 1.54) is 25.7 Å². The molecule has 1 N–H and O–H groups in total. The average Bonchev–Trinajstić information content (AvgIpc) is 2.19. The van der Waals surface area contributed by atoms with Gasteiger partial charge in [0.25, 0.3) is 0 Å². The van der Waals surface area contributed by atoms with Gasteiger partial charge in [0.05, 0.1) is 5.60 Å². The molecule has 0 aromatic rings. The van der Waals surface area contributed by atoms with Gasteiger partial charge in [-0.25, -0.2) is 0 Å². The zero-order chi connectivity index (χ0) is 11.6. The predicted octanol–water partition coefficient (Wildman–Crippen LogP) is 4.22. The summed E-state index contributed by atoms with van der Waals surface area (Å²) in [5, 5.41) is 10.3. The molecule has 0 aromatic carbocycles. The number of rotatable bonds is 9. The van der Waals surface area contributed by atoms with E-state index in [2.05, 4.69) is 26.2 Å². The molecule has 0 radical (unpaired) electrons. The minimum Gasteiger partial charge on any atom is -0.385 e. The third kappa shape index (κ3) is 7.41. The Kier molecular flexibility index (Phi) is 8.46. The van der Waals surface area contributed by atoms with Crippen LogP contribution in [0.3, 0.4) is 0 Å². The van der Waals surface area contributed by atoms with Crippen LogP contribution in [-0.4, -0.2) is 10.7 Å². The largest absolute Gasteiger partial charge is 0.385 e. The molecule has 0 unspecified atom stereocenters. The van der Waals surface area contributed by atoms with Crippen LogP contribution in [0.25, 0.3) is 0 Å². The zero-order valence-electron chi connectivity index (χ0n) is 10.4. The fourth-order valence-corrected chi connectivity index (χ4v) is 1.82. The minimum atomic E-state index is -0.647. The lowest BCUT2D eigenvalue weighted by Gasteiger charge is -2.23. The number of aliphatic hydroxyl groups is 1. The van der Waals surface area contributed by atoms with Crippen molar-refractivity contribution in [3.05, 3.63) is 18.4 Å². The summed E-state index contributed by atoms with van der Waals surface area (Å²) in [4.78, 5) is 0. The lowest BCUT2D eigenvalue weighted by molar-refractivity contribution is 0.0668. The first kappa shape index (κ1) is 14.5. The Labute approximate surface area is 94.9 Å². The molecule has 0 rings (SSSR count). The molecule has 1 nitrogen and oxygen atoms in total. The summed E-state index contributed by atoms with van der Waals surface area (Å²) < 4.78 is 0. The standard InChI is InChI=1S/C14H26O/c1-4-7-9-12-14(15,11-6-3)13-10-8-5-2/h11,15H,3-5,7-10,12-13H2,1-2H3. The maximum atomic E-state index is 10.3. The van der Waals surface area contributed by atoms with E-state index in [0.717, 1.165) is 25.7 Å². The predicted molar refractivity (Wildman–Crippen MR) is 66.9 cm³/mol. The molecule has 0 saturated carbocycles. The van der Waals surface area contributed by atoms with Gasteiger partial charge in [-0.05, 0) is 18.9 Å². The number of hydrogen-bond acceptors (Lipinski definition) is 1. The number of hydrogen-bond donors (Lipinski definition) is 1. The van der Waals surface area contributed by atoms with Crippen molar-refractivity contribution < 1.29 is 5.11 Å². The van der Waals surface area contributed by atoms with Gasteiger partial charge in [-0.2, -0.15) is 0 Å². The third-order valence-electron chi connectivity index (χ3n) is 2.80. The van der Waals surface area contributed by atoms with Crippen LogP contribution in [0.1, 0.15) is 65.2 Å². The van der Waals surface area contributed by atoms with Gasteiger partial charge in [0.2, 0.25) is 0 Å². The average molecular weight is 210 g/mol. The SMILES string of the molecule is C=C=CC(O)(CCCCC)CCCCC. The van der Waals surface area contributed by atoms with Crippen molar-refractivity contribution >= 4 is 0 Å². The Bertz CT molecular complexity index is 180. The molecule has 15 heavy (non-hydrogen) atoms. The molecule has 0 saturated heterocycles. The van der Waals surface area contributed by atoms with Gasteiger partial charge in [0, 0.05) is 0 Å². The Balaban J connectivity index is 4.00. The van der Waals surface area contributed by atoms with Crippen molar-refractivity contribution in [2.45, 2.75) is 70.8 Å². The second-order valence-corrected chi connectivity index (χ2v) is 4.37. The second-order valence-electron chi connectivity index (χ2n) is 4.37. The molecule has 0 atom stereocenters. The summed E-state index contributed by atoms with van der Waals surface area (Å²) in [5.74, 6) is 0. The lowest BCUT2D eigenvalue weighted by atomic mass is 9.90. The van der Waals surface area contributed by atoms with E-state index in [-0.39, 0.29) is 0 Å². The van der Waals surface area contributed by atoms with Gasteiger partial charge < -0.3 is 5.11 Å². The highest BCUT2D eigenvalue weighted by Crippen LogP contribution is 2.23. The molecule has 0 heterocycles. The molecule has 0 spiro atoms. The van der Waals surface area contributed by atoms with Gasteiger partial charge in [0.1, 0.15) is 0 Å². The van der Waals surface area contributed by atoms with Crippen molar-refractivity contribution in [3.8, 4) is 0 Å². The van der Waals surface area contributed by atoms with Crippen LogP contribution in [-0.2, 0) is 0 Å². The summed E-state index contributed by atoms with van der Waals surface area (Å²) in [6.45, 7) is 7.92. The summed E-state index contributed by atoms with van der Waals surface area (Å²) in [6, 6.07) is 0. The molecule has 1 heteroatoms. The highest BCUT2D eigenvalue weighted by atomic mass is 16.3. The Morgan fingerprint density at radius 3 is 1.87 bits per heavy atom. The van der Waals surface area contributed by atoms with Gasteiger partial charge in [-0.1, -0.05) is 59.0 Å². The Morgan fingerprint density at radius 1 is 1.07 bits per heavy atom. The Morgan fingerprint density at radius 2 is 1.53 bits per heavy atom. The van der Waals surface area contributed by atoms with Crippen LogP contribution in [0.15, 0.2) is 18.4 Å². The molecule has 0 aliphatic carbocycles. The third-order valence-corrected chi connectivity index (χ3v) is 2.80. The maximum Gasteiger partial charge on any atom is 0.0900 e. The van der Waals surface area contributed by atoms with E-state index in [1.807, 2.05) is 0 Å². The summed E-state index contributed by atoms with van der Waals surface area (Å²) in [5.41, 5.74) is 2.09. The first-order chi connectivity index (χ1) is 7.18. The topological polar surface area (TPSA) is 20.2 Å². The van der Waals surface area contributed by atoms with E-state index in [4.69, 9.17) is 0 Å². The van der Waals surface area contributed by atoms with E-state index < -0.39 is 5.60 Å². The van der Waals surface area contributed by atoms with Crippen LogP contribution >= 0.6 is 0 Å². The normalized spacial score (nSPS) is 11.1. The summed E-state index contributed by atoms with van der Waals surface area (Å²) in [7, 11) is 0. The summed E-state index contributed by atoms with van der Waals surface area (Å²) in [6.07, 6.45) is 10.4. The fourth-order valence-electron chi connectivity index (χ4n) is 1.82. The van der Waals surface area contributed by atoms with Crippen LogP contribution in [0.2, 0.25) is 0 Å². The first-order valence-corrected chi connectivity index (χ1v) is 6.28. The highest BCUT2D eigenvalue weighted by Gasteiger charge is 2.21. The molecule has 0 amide bonds. The van der Waals surface area contributed by atoms with Gasteiger partial charge in [-0.15, -0.1) is 5.73 Å². The van der Waals surface area contributed by atoms with Gasteiger partial charge in [0.15, 0.2) is 0 Å². The second kappa shape index (κ2) is 8.76. The van der Waals surface area contributed by atoms with Crippen molar-refractivity contribution in [3.63, 3.8) is 0 Å². The fraction of sp³-hybridized carbons (Fsp3) is 0.786. The highest BCUT2D eigenvalue weighted by molar-refractivity contribution is 4.98. The van der Waals surface area contributed by atoms with Crippen molar-refractivity contribution in [2.24, 2.45) is 0 Å². The van der Waals surface area contributed by atoms with E-state index in [9.17, 15) is 5.11 Å². The molecule has 0 bridgehead atoms. The van der Waals surface area contributed by atoms with Crippen LogP contribution in [0.5, 0.6) is 0 Å². The molecule has 0 aliphatic rings. The quantitative estimate of drug-likeness (QED) is 0.446. The van der Waals surface area contributed by atoms with Crippen molar-refractivity contribution in [2.75, 3.05) is 0 Å².